The molecule has 4 aliphatic carbocycles. The molecule has 41 heavy (non-hydrogen) atoms. The van der Waals surface area contributed by atoms with Crippen LogP contribution in [0.25, 0.3) is 0 Å². The Morgan fingerprint density at radius 1 is 0.878 bits per heavy atom. The van der Waals surface area contributed by atoms with E-state index < -0.39 is 27.2 Å². The summed E-state index contributed by atoms with van der Waals surface area (Å²) in [5.74, 6) is 4.53. The molecule has 5 rings (SSSR count). The summed E-state index contributed by atoms with van der Waals surface area (Å²) in [5.41, 5.74) is -0.373. The van der Waals surface area contributed by atoms with Gasteiger partial charge in [-0.3, -0.25) is 20.2 Å². The molecule has 0 aliphatic heterocycles. The molecule has 0 radical (unpaired) electrons. The van der Waals surface area contributed by atoms with Crippen LogP contribution >= 0.6 is 0 Å². The Hall–Kier alpha value is -2.51. The van der Waals surface area contributed by atoms with E-state index in [-0.39, 0.29) is 17.1 Å². The highest BCUT2D eigenvalue weighted by Gasteiger charge is 2.60. The van der Waals surface area contributed by atoms with Gasteiger partial charge in [0.1, 0.15) is 6.10 Å². The molecular formula is C33H48N2O6. The Labute approximate surface area is 244 Å². The molecule has 0 N–H and O–H groups in total. The first kappa shape index (κ1) is 30.0. The normalized spacial score (nSPS) is 37.0. The molecule has 1 aromatic rings. The first-order valence-electron chi connectivity index (χ1n) is 16.0. The zero-order chi connectivity index (χ0) is 29.7. The number of ether oxygens (including phenoxy) is 1. The van der Waals surface area contributed by atoms with Crippen LogP contribution in [0.2, 0.25) is 0 Å². The number of benzene rings is 1. The summed E-state index contributed by atoms with van der Waals surface area (Å²) in [6, 6.07) is 3.02. The van der Waals surface area contributed by atoms with Gasteiger partial charge in [0.25, 0.3) is 11.4 Å². The molecule has 8 heteroatoms. The van der Waals surface area contributed by atoms with Crippen molar-refractivity contribution >= 4 is 17.3 Å². The molecule has 4 saturated carbocycles. The van der Waals surface area contributed by atoms with Crippen molar-refractivity contribution in [2.24, 2.45) is 52.3 Å². The number of nitro groups is 2. The van der Waals surface area contributed by atoms with Gasteiger partial charge < -0.3 is 4.74 Å². The predicted molar refractivity (Wildman–Crippen MR) is 157 cm³/mol. The van der Waals surface area contributed by atoms with Crippen LogP contribution in [0, 0.1) is 72.5 Å². The van der Waals surface area contributed by atoms with E-state index in [2.05, 4.69) is 34.6 Å². The summed E-state index contributed by atoms with van der Waals surface area (Å²) in [7, 11) is 0. The average Bonchev–Trinajstić information content (AvgIpc) is 3.28. The largest absolute Gasteiger partial charge is 0.459 e. The first-order valence-corrected chi connectivity index (χ1v) is 16.0. The van der Waals surface area contributed by atoms with Crippen LogP contribution in [0.5, 0.6) is 0 Å². The van der Waals surface area contributed by atoms with Crippen LogP contribution in [0.1, 0.15) is 116 Å². The number of nitro benzene ring substituents is 2. The lowest BCUT2D eigenvalue weighted by Gasteiger charge is -2.61. The predicted octanol–water partition coefficient (Wildman–Crippen LogP) is 8.76. The van der Waals surface area contributed by atoms with Crippen molar-refractivity contribution in [3.8, 4) is 0 Å². The van der Waals surface area contributed by atoms with Gasteiger partial charge in [-0.2, -0.15) is 0 Å². The second kappa shape index (κ2) is 11.3. The summed E-state index contributed by atoms with van der Waals surface area (Å²) in [5, 5.41) is 22.5. The van der Waals surface area contributed by atoms with Gasteiger partial charge in [-0.1, -0.05) is 47.5 Å². The maximum absolute atomic E-state index is 13.0. The van der Waals surface area contributed by atoms with Gasteiger partial charge in [-0.05, 0) is 110 Å². The number of esters is 1. The first-order chi connectivity index (χ1) is 19.3. The van der Waals surface area contributed by atoms with Gasteiger partial charge in [0.2, 0.25) is 0 Å². The molecule has 9 atom stereocenters. The third-order valence-electron chi connectivity index (χ3n) is 12.4. The van der Waals surface area contributed by atoms with Gasteiger partial charge in [-0.25, -0.2) is 4.79 Å². The van der Waals surface area contributed by atoms with Crippen molar-refractivity contribution in [3.05, 3.63) is 44.0 Å². The number of hydrogen-bond donors (Lipinski definition) is 0. The van der Waals surface area contributed by atoms with Crippen LogP contribution in [0.15, 0.2) is 18.2 Å². The zero-order valence-corrected chi connectivity index (χ0v) is 25.5. The van der Waals surface area contributed by atoms with E-state index in [4.69, 9.17) is 4.74 Å². The van der Waals surface area contributed by atoms with Crippen LogP contribution < -0.4 is 0 Å². The molecule has 1 aromatic carbocycles. The maximum Gasteiger partial charge on any atom is 0.338 e. The Balaban J connectivity index is 1.25. The minimum Gasteiger partial charge on any atom is -0.459 e. The Kier molecular flexibility index (Phi) is 8.25. The minimum atomic E-state index is -0.720. The molecule has 0 amide bonds. The lowest BCUT2D eigenvalue weighted by Crippen LogP contribution is -2.54. The van der Waals surface area contributed by atoms with Crippen LogP contribution in [0.4, 0.5) is 11.4 Å². The zero-order valence-electron chi connectivity index (χ0n) is 25.5. The van der Waals surface area contributed by atoms with E-state index in [0.717, 1.165) is 79.4 Å². The Morgan fingerprint density at radius 3 is 2.15 bits per heavy atom. The molecule has 0 saturated heterocycles. The number of carbonyl (C=O) groups excluding carboxylic acids is 1. The van der Waals surface area contributed by atoms with Crippen molar-refractivity contribution in [2.75, 3.05) is 0 Å². The van der Waals surface area contributed by atoms with E-state index in [1.54, 1.807) is 0 Å². The van der Waals surface area contributed by atoms with E-state index in [1.807, 2.05) is 0 Å². The minimum absolute atomic E-state index is 0.132. The summed E-state index contributed by atoms with van der Waals surface area (Å²) < 4.78 is 5.86. The van der Waals surface area contributed by atoms with E-state index in [9.17, 15) is 25.0 Å². The SMILES string of the molecule is CC(C)CC[C@@H](C)[C@H]1CC[C@H]2[C@@H]3CC[C@H]4C[C@H](OC(=O)c5cc([N+](=O)[O-])cc([N+](=O)[O-])c5)CC[C@]4(C)[C@H]3CC[C@]12C. The van der Waals surface area contributed by atoms with Gasteiger partial charge in [0.05, 0.1) is 21.5 Å². The van der Waals surface area contributed by atoms with Gasteiger partial charge in [-0.15, -0.1) is 0 Å². The number of carbonyl (C=O) groups is 1. The monoisotopic (exact) mass is 568 g/mol. The van der Waals surface area contributed by atoms with Crippen molar-refractivity contribution in [1.29, 1.82) is 0 Å². The van der Waals surface area contributed by atoms with Gasteiger partial charge >= 0.3 is 5.97 Å². The van der Waals surface area contributed by atoms with E-state index in [1.165, 1.54) is 44.9 Å². The number of fused-ring (bicyclic) bond motifs is 5. The highest BCUT2D eigenvalue weighted by molar-refractivity contribution is 5.91. The molecule has 226 valence electrons. The molecule has 4 fully saturated rings. The lowest BCUT2D eigenvalue weighted by atomic mass is 9.44. The summed E-state index contributed by atoms with van der Waals surface area (Å²) >= 11 is 0. The fourth-order valence-corrected chi connectivity index (χ4v) is 10.2. The molecule has 0 heterocycles. The molecule has 8 nitrogen and oxygen atoms in total. The quantitative estimate of drug-likeness (QED) is 0.176. The van der Waals surface area contributed by atoms with Crippen LogP contribution in [-0.4, -0.2) is 21.9 Å². The topological polar surface area (TPSA) is 113 Å². The molecule has 0 aromatic heterocycles. The number of rotatable bonds is 8. The highest BCUT2D eigenvalue weighted by Crippen LogP contribution is 2.68. The third kappa shape index (κ3) is 5.52. The fraction of sp³-hybridized carbons (Fsp3) is 0.788. The average molecular weight is 569 g/mol. The summed E-state index contributed by atoms with van der Waals surface area (Å²) in [6.45, 7) is 12.3. The van der Waals surface area contributed by atoms with Gasteiger partial charge in [0, 0.05) is 12.1 Å². The van der Waals surface area contributed by atoms with Crippen molar-refractivity contribution < 1.29 is 19.4 Å². The molecular weight excluding hydrogens is 520 g/mol. The molecule has 4 aliphatic rings. The van der Waals surface area contributed by atoms with Crippen LogP contribution in [0.3, 0.4) is 0 Å². The lowest BCUT2D eigenvalue weighted by molar-refractivity contribution is -0.394. The second-order valence-corrected chi connectivity index (χ2v) is 14.9. The highest BCUT2D eigenvalue weighted by atomic mass is 16.6. The van der Waals surface area contributed by atoms with Crippen molar-refractivity contribution in [1.82, 2.24) is 0 Å². The van der Waals surface area contributed by atoms with Crippen LogP contribution in [-0.2, 0) is 4.74 Å². The summed E-state index contributed by atoms with van der Waals surface area (Å²) in [6.07, 6.45) is 12.8. The van der Waals surface area contributed by atoms with Crippen molar-refractivity contribution in [2.45, 2.75) is 111 Å². The number of non-ortho nitro benzene ring substituents is 2. The van der Waals surface area contributed by atoms with E-state index >= 15 is 0 Å². The second-order valence-electron chi connectivity index (χ2n) is 14.9. The maximum atomic E-state index is 13.0. The van der Waals surface area contributed by atoms with E-state index in [0.29, 0.717) is 11.3 Å². The van der Waals surface area contributed by atoms with Gasteiger partial charge in [0.15, 0.2) is 0 Å². The fourth-order valence-electron chi connectivity index (χ4n) is 10.2. The molecule has 0 bridgehead atoms. The summed E-state index contributed by atoms with van der Waals surface area (Å²) in [4.78, 5) is 34.1. The molecule has 0 spiro atoms. The Bertz CT molecular complexity index is 1150. The standard InChI is InChI=1S/C33H48N2O6/c1-20(2)6-7-21(3)28-10-11-29-27-9-8-23-18-26(12-14-32(23,4)30(27)13-15-33(28,29)5)41-31(36)22-16-24(34(37)38)19-25(17-22)35(39)40/h16-17,19-21,23,26-30H,6-15,18H2,1-5H3/t21-,23+,26-,27+,28-,29+,30+,32+,33-/m1/s1. The smallest absolute Gasteiger partial charge is 0.338 e. The van der Waals surface area contributed by atoms with Crippen molar-refractivity contribution in [3.63, 3.8) is 0 Å². The number of hydrogen-bond acceptors (Lipinski definition) is 6. The Morgan fingerprint density at radius 2 is 1.51 bits per heavy atom. The number of nitrogens with zero attached hydrogens (tertiary/aromatic N) is 2. The third-order valence-corrected chi connectivity index (χ3v) is 12.4. The molecule has 0 unspecified atom stereocenters.